The zero-order chi connectivity index (χ0) is 11.4. The van der Waals surface area contributed by atoms with Crippen molar-refractivity contribution in [2.45, 2.75) is 45.6 Å². The summed E-state index contributed by atoms with van der Waals surface area (Å²) in [5.41, 5.74) is 0. The van der Waals surface area contributed by atoms with E-state index in [4.69, 9.17) is 9.47 Å². The predicted octanol–water partition coefficient (Wildman–Crippen LogP) is 2.21. The summed E-state index contributed by atoms with van der Waals surface area (Å²) in [5.74, 6) is 0. The number of hydrogen-bond acceptors (Lipinski definition) is 3. The van der Waals surface area contributed by atoms with Crippen LogP contribution in [-0.4, -0.2) is 39.5 Å². The van der Waals surface area contributed by atoms with Crippen molar-refractivity contribution in [3.05, 3.63) is 0 Å². The van der Waals surface area contributed by atoms with Gasteiger partial charge in [0.05, 0.1) is 6.61 Å². The molecule has 1 atom stereocenters. The summed E-state index contributed by atoms with van der Waals surface area (Å²) >= 11 is 0. The van der Waals surface area contributed by atoms with E-state index >= 15 is 0 Å². The maximum absolute atomic E-state index is 5.47. The van der Waals surface area contributed by atoms with Gasteiger partial charge in [0.1, 0.15) is 0 Å². The lowest BCUT2D eigenvalue weighted by molar-refractivity contribution is 0.103. The molecule has 0 heterocycles. The van der Waals surface area contributed by atoms with Gasteiger partial charge in [-0.2, -0.15) is 0 Å². The van der Waals surface area contributed by atoms with Gasteiger partial charge in [-0.25, -0.2) is 0 Å². The fraction of sp³-hybridized carbons (Fsp3) is 1.00. The SMILES string of the molecule is CCCC(CC)NCCOCCCOC. The van der Waals surface area contributed by atoms with Crippen LogP contribution >= 0.6 is 0 Å². The molecule has 3 nitrogen and oxygen atoms in total. The van der Waals surface area contributed by atoms with E-state index in [9.17, 15) is 0 Å². The summed E-state index contributed by atoms with van der Waals surface area (Å²) in [6.07, 6.45) is 4.71. The van der Waals surface area contributed by atoms with Crippen LogP contribution in [0.5, 0.6) is 0 Å². The fourth-order valence-corrected chi connectivity index (χ4v) is 1.54. The highest BCUT2D eigenvalue weighted by atomic mass is 16.5. The van der Waals surface area contributed by atoms with Gasteiger partial charge in [0.15, 0.2) is 0 Å². The Hall–Kier alpha value is -0.120. The lowest BCUT2D eigenvalue weighted by atomic mass is 10.1. The van der Waals surface area contributed by atoms with Gasteiger partial charge in [-0.05, 0) is 19.3 Å². The van der Waals surface area contributed by atoms with E-state index in [-0.39, 0.29) is 0 Å². The van der Waals surface area contributed by atoms with Crippen LogP contribution in [0.25, 0.3) is 0 Å². The maximum Gasteiger partial charge on any atom is 0.0591 e. The van der Waals surface area contributed by atoms with Gasteiger partial charge in [-0.15, -0.1) is 0 Å². The highest BCUT2D eigenvalue weighted by Gasteiger charge is 2.02. The zero-order valence-corrected chi connectivity index (χ0v) is 10.6. The smallest absolute Gasteiger partial charge is 0.0591 e. The van der Waals surface area contributed by atoms with E-state index < -0.39 is 0 Å². The molecule has 0 spiro atoms. The first kappa shape index (κ1) is 14.9. The lowest BCUT2D eigenvalue weighted by Crippen LogP contribution is -2.31. The van der Waals surface area contributed by atoms with Crippen LogP contribution in [-0.2, 0) is 9.47 Å². The third-order valence-corrected chi connectivity index (χ3v) is 2.45. The van der Waals surface area contributed by atoms with Gasteiger partial charge in [0.2, 0.25) is 0 Å². The van der Waals surface area contributed by atoms with Crippen LogP contribution in [0, 0.1) is 0 Å². The van der Waals surface area contributed by atoms with Crippen molar-refractivity contribution < 1.29 is 9.47 Å². The fourth-order valence-electron chi connectivity index (χ4n) is 1.54. The molecule has 0 amide bonds. The molecule has 1 unspecified atom stereocenters. The minimum absolute atomic E-state index is 0.664. The Morgan fingerprint density at radius 1 is 1.13 bits per heavy atom. The third kappa shape index (κ3) is 10.2. The molecule has 0 aliphatic rings. The first-order valence-corrected chi connectivity index (χ1v) is 6.15. The molecule has 15 heavy (non-hydrogen) atoms. The second kappa shape index (κ2) is 12.0. The van der Waals surface area contributed by atoms with Crippen LogP contribution in [0.1, 0.15) is 39.5 Å². The largest absolute Gasteiger partial charge is 0.385 e. The average molecular weight is 217 g/mol. The van der Waals surface area contributed by atoms with Gasteiger partial charge in [0, 0.05) is 32.9 Å². The minimum Gasteiger partial charge on any atom is -0.385 e. The first-order chi connectivity index (χ1) is 7.35. The van der Waals surface area contributed by atoms with Gasteiger partial charge in [0.25, 0.3) is 0 Å². The van der Waals surface area contributed by atoms with Crippen molar-refractivity contribution in [2.24, 2.45) is 0 Å². The van der Waals surface area contributed by atoms with Crippen molar-refractivity contribution in [1.82, 2.24) is 5.32 Å². The van der Waals surface area contributed by atoms with E-state index in [1.807, 2.05) is 0 Å². The Morgan fingerprint density at radius 3 is 2.53 bits per heavy atom. The monoisotopic (exact) mass is 217 g/mol. The Labute approximate surface area is 94.5 Å². The van der Waals surface area contributed by atoms with Crippen LogP contribution < -0.4 is 5.32 Å². The molecule has 0 rings (SSSR count). The van der Waals surface area contributed by atoms with E-state index in [2.05, 4.69) is 19.2 Å². The molecule has 0 radical (unpaired) electrons. The lowest BCUT2D eigenvalue weighted by Gasteiger charge is -2.15. The molecule has 0 saturated heterocycles. The second-order valence-electron chi connectivity index (χ2n) is 3.81. The number of rotatable bonds is 11. The molecule has 0 aliphatic heterocycles. The highest BCUT2D eigenvalue weighted by molar-refractivity contribution is 4.63. The molecule has 0 aromatic heterocycles. The van der Waals surface area contributed by atoms with Gasteiger partial charge in [-0.3, -0.25) is 0 Å². The third-order valence-electron chi connectivity index (χ3n) is 2.45. The summed E-state index contributed by atoms with van der Waals surface area (Å²) in [6, 6.07) is 0.664. The summed E-state index contributed by atoms with van der Waals surface area (Å²) in [6.45, 7) is 7.83. The quantitative estimate of drug-likeness (QED) is 0.538. The van der Waals surface area contributed by atoms with Crippen LogP contribution in [0.3, 0.4) is 0 Å². The standard InChI is InChI=1S/C12H27NO2/c1-4-7-12(5-2)13-8-11-15-10-6-9-14-3/h12-13H,4-11H2,1-3H3. The molecular formula is C12H27NO2. The number of nitrogens with one attached hydrogen (secondary N) is 1. The maximum atomic E-state index is 5.47. The normalized spacial score (nSPS) is 13.0. The van der Waals surface area contributed by atoms with Crippen molar-refractivity contribution in [2.75, 3.05) is 33.5 Å². The Morgan fingerprint density at radius 2 is 1.93 bits per heavy atom. The predicted molar refractivity (Wildman–Crippen MR) is 64.3 cm³/mol. The van der Waals surface area contributed by atoms with Gasteiger partial charge < -0.3 is 14.8 Å². The van der Waals surface area contributed by atoms with E-state index in [1.165, 1.54) is 19.3 Å². The molecule has 1 N–H and O–H groups in total. The molecule has 0 aromatic rings. The molecule has 0 saturated carbocycles. The topological polar surface area (TPSA) is 30.5 Å². The minimum atomic E-state index is 0.664. The average Bonchev–Trinajstić information content (AvgIpc) is 2.26. The van der Waals surface area contributed by atoms with E-state index in [0.717, 1.165) is 32.8 Å². The molecule has 0 bridgehead atoms. The second-order valence-corrected chi connectivity index (χ2v) is 3.81. The molecule has 0 aromatic carbocycles. The number of ether oxygens (including phenoxy) is 2. The van der Waals surface area contributed by atoms with Crippen LogP contribution in [0.4, 0.5) is 0 Å². The van der Waals surface area contributed by atoms with E-state index in [0.29, 0.717) is 6.04 Å². The van der Waals surface area contributed by atoms with Crippen LogP contribution in [0.2, 0.25) is 0 Å². The molecule has 0 fully saturated rings. The Bertz CT molecular complexity index is 120. The summed E-state index contributed by atoms with van der Waals surface area (Å²) in [4.78, 5) is 0. The molecule has 3 heteroatoms. The Kier molecular flexibility index (Phi) is 11.9. The molecule has 0 aliphatic carbocycles. The highest BCUT2D eigenvalue weighted by Crippen LogP contribution is 1.99. The van der Waals surface area contributed by atoms with Crippen molar-refractivity contribution in [3.8, 4) is 0 Å². The van der Waals surface area contributed by atoms with Gasteiger partial charge in [-0.1, -0.05) is 20.3 Å². The molecular weight excluding hydrogens is 190 g/mol. The number of methoxy groups -OCH3 is 1. The summed E-state index contributed by atoms with van der Waals surface area (Å²) < 4.78 is 10.4. The zero-order valence-electron chi connectivity index (χ0n) is 10.6. The van der Waals surface area contributed by atoms with E-state index in [1.54, 1.807) is 7.11 Å². The van der Waals surface area contributed by atoms with Crippen molar-refractivity contribution >= 4 is 0 Å². The Balaban J connectivity index is 3.14. The summed E-state index contributed by atoms with van der Waals surface area (Å²) in [5, 5.41) is 3.50. The molecule has 92 valence electrons. The van der Waals surface area contributed by atoms with Crippen molar-refractivity contribution in [3.63, 3.8) is 0 Å². The van der Waals surface area contributed by atoms with Crippen LogP contribution in [0.15, 0.2) is 0 Å². The van der Waals surface area contributed by atoms with Crippen molar-refractivity contribution in [1.29, 1.82) is 0 Å². The summed E-state index contributed by atoms with van der Waals surface area (Å²) in [7, 11) is 1.72. The first-order valence-electron chi connectivity index (χ1n) is 6.15. The van der Waals surface area contributed by atoms with Gasteiger partial charge >= 0.3 is 0 Å². The number of hydrogen-bond donors (Lipinski definition) is 1.